The number of rotatable bonds is 2. The largest absolute Gasteiger partial charge is 0.416 e. The zero-order valence-electron chi connectivity index (χ0n) is 11.1. The van der Waals surface area contributed by atoms with Crippen molar-refractivity contribution in [3.8, 4) is 0 Å². The van der Waals surface area contributed by atoms with Crippen LogP contribution < -0.4 is 0 Å². The second-order valence-electron chi connectivity index (χ2n) is 4.83. The fourth-order valence-corrected chi connectivity index (χ4v) is 2.56. The molecule has 0 fully saturated rings. The van der Waals surface area contributed by atoms with Crippen LogP contribution in [-0.2, 0) is 6.18 Å². The molecule has 0 saturated carbocycles. The van der Waals surface area contributed by atoms with Crippen LogP contribution in [0, 0.1) is 13.8 Å². The first-order valence-electron chi connectivity index (χ1n) is 6.17. The van der Waals surface area contributed by atoms with Crippen LogP contribution in [0.5, 0.6) is 0 Å². The van der Waals surface area contributed by atoms with Crippen LogP contribution in [0.15, 0.2) is 42.5 Å². The third kappa shape index (κ3) is 3.23. The van der Waals surface area contributed by atoms with E-state index in [1.54, 1.807) is 6.07 Å². The van der Waals surface area contributed by atoms with E-state index in [0.29, 0.717) is 5.56 Å². The lowest BCUT2D eigenvalue weighted by Crippen LogP contribution is -2.06. The van der Waals surface area contributed by atoms with E-state index in [9.17, 15) is 13.2 Å². The van der Waals surface area contributed by atoms with Gasteiger partial charge in [0.1, 0.15) is 0 Å². The van der Waals surface area contributed by atoms with E-state index < -0.39 is 11.7 Å². The quantitative estimate of drug-likeness (QED) is 0.604. The molecule has 0 saturated heterocycles. The van der Waals surface area contributed by atoms with Crippen LogP contribution in [0.4, 0.5) is 13.2 Å². The summed E-state index contributed by atoms with van der Waals surface area (Å²) in [5.41, 5.74) is 3.22. The molecule has 2 rings (SSSR count). The summed E-state index contributed by atoms with van der Waals surface area (Å²) in [6.45, 7) is 4.00. The van der Waals surface area contributed by atoms with Gasteiger partial charge in [-0.05, 0) is 42.2 Å². The van der Waals surface area contributed by atoms with Gasteiger partial charge < -0.3 is 0 Å². The maximum absolute atomic E-state index is 12.7. The van der Waals surface area contributed by atoms with Crippen molar-refractivity contribution in [1.82, 2.24) is 0 Å². The fourth-order valence-electron chi connectivity index (χ4n) is 1.99. The first-order valence-corrected chi connectivity index (χ1v) is 7.09. The van der Waals surface area contributed by atoms with Crippen molar-refractivity contribution >= 4 is 15.9 Å². The van der Waals surface area contributed by atoms with Gasteiger partial charge >= 0.3 is 6.18 Å². The molecule has 0 spiro atoms. The standard InChI is InChI=1S/C16H14BrF3/c1-10-6-7-13(8-11(10)2)15(17)12-4-3-5-14(9-12)16(18,19)20/h3-9,15H,1-2H3. The minimum Gasteiger partial charge on any atom is -0.166 e. The molecule has 2 aromatic carbocycles. The van der Waals surface area contributed by atoms with Crippen LogP contribution in [0.1, 0.15) is 32.6 Å². The number of benzene rings is 2. The molecule has 0 bridgehead atoms. The van der Waals surface area contributed by atoms with Crippen molar-refractivity contribution in [1.29, 1.82) is 0 Å². The van der Waals surface area contributed by atoms with Crippen LogP contribution in [0.2, 0.25) is 0 Å². The highest BCUT2D eigenvalue weighted by atomic mass is 79.9. The monoisotopic (exact) mass is 342 g/mol. The minimum atomic E-state index is -4.31. The Morgan fingerprint density at radius 3 is 2.15 bits per heavy atom. The highest BCUT2D eigenvalue weighted by molar-refractivity contribution is 9.09. The Labute approximate surface area is 124 Å². The van der Waals surface area contributed by atoms with Gasteiger partial charge in [0, 0.05) is 0 Å². The number of hydrogen-bond acceptors (Lipinski definition) is 0. The van der Waals surface area contributed by atoms with Crippen molar-refractivity contribution in [2.45, 2.75) is 24.9 Å². The van der Waals surface area contributed by atoms with Crippen LogP contribution in [0.25, 0.3) is 0 Å². The zero-order chi connectivity index (χ0) is 14.9. The van der Waals surface area contributed by atoms with Gasteiger partial charge in [0.15, 0.2) is 0 Å². The van der Waals surface area contributed by atoms with E-state index >= 15 is 0 Å². The molecule has 1 atom stereocenters. The average molecular weight is 343 g/mol. The summed E-state index contributed by atoms with van der Waals surface area (Å²) in [6.07, 6.45) is -4.31. The molecule has 0 N–H and O–H groups in total. The Bertz CT molecular complexity index is 617. The molecule has 1 unspecified atom stereocenters. The van der Waals surface area contributed by atoms with E-state index in [1.165, 1.54) is 12.1 Å². The van der Waals surface area contributed by atoms with E-state index in [0.717, 1.165) is 22.8 Å². The number of aryl methyl sites for hydroxylation is 2. The summed E-state index contributed by atoms with van der Waals surface area (Å²) in [7, 11) is 0. The maximum atomic E-state index is 12.7. The summed E-state index contributed by atoms with van der Waals surface area (Å²) in [4.78, 5) is -0.246. The van der Waals surface area contributed by atoms with Crippen LogP contribution >= 0.6 is 15.9 Å². The Hall–Kier alpha value is -1.29. The third-order valence-corrected chi connectivity index (χ3v) is 4.39. The van der Waals surface area contributed by atoms with Gasteiger partial charge in [-0.1, -0.05) is 52.3 Å². The van der Waals surface area contributed by atoms with Crippen molar-refractivity contribution in [2.24, 2.45) is 0 Å². The van der Waals surface area contributed by atoms with E-state index in [1.807, 2.05) is 32.0 Å². The normalized spacial score (nSPS) is 13.3. The average Bonchev–Trinajstić information content (AvgIpc) is 2.40. The molecule has 0 aliphatic rings. The third-order valence-electron chi connectivity index (χ3n) is 3.33. The maximum Gasteiger partial charge on any atom is 0.416 e. The van der Waals surface area contributed by atoms with Crippen molar-refractivity contribution in [3.63, 3.8) is 0 Å². The second kappa shape index (κ2) is 5.60. The fraction of sp³-hybridized carbons (Fsp3) is 0.250. The molecule has 0 aromatic heterocycles. The summed E-state index contributed by atoms with van der Waals surface area (Å²) in [5, 5.41) is 0. The topological polar surface area (TPSA) is 0 Å². The molecular weight excluding hydrogens is 329 g/mol. The molecular formula is C16H14BrF3. The SMILES string of the molecule is Cc1ccc(C(Br)c2cccc(C(F)(F)F)c2)cc1C. The Morgan fingerprint density at radius 1 is 0.900 bits per heavy atom. The van der Waals surface area contributed by atoms with Crippen molar-refractivity contribution < 1.29 is 13.2 Å². The molecule has 2 aromatic rings. The highest BCUT2D eigenvalue weighted by Crippen LogP contribution is 2.35. The molecule has 0 aliphatic carbocycles. The molecule has 4 heteroatoms. The van der Waals surface area contributed by atoms with Crippen molar-refractivity contribution in [2.75, 3.05) is 0 Å². The predicted molar refractivity (Wildman–Crippen MR) is 78.1 cm³/mol. The van der Waals surface area contributed by atoms with E-state index in [4.69, 9.17) is 0 Å². The minimum absolute atomic E-state index is 0.246. The van der Waals surface area contributed by atoms with Crippen molar-refractivity contribution in [3.05, 3.63) is 70.3 Å². The van der Waals surface area contributed by atoms with Gasteiger partial charge in [-0.15, -0.1) is 0 Å². The number of alkyl halides is 4. The van der Waals surface area contributed by atoms with Crippen LogP contribution in [-0.4, -0.2) is 0 Å². The Kier molecular flexibility index (Phi) is 4.23. The van der Waals surface area contributed by atoms with E-state index in [2.05, 4.69) is 15.9 Å². The van der Waals surface area contributed by atoms with E-state index in [-0.39, 0.29) is 4.83 Å². The molecule has 106 valence electrons. The second-order valence-corrected chi connectivity index (χ2v) is 5.75. The summed E-state index contributed by atoms with van der Waals surface area (Å²) in [5.74, 6) is 0. The predicted octanol–water partition coefficient (Wildman–Crippen LogP) is 5.81. The van der Waals surface area contributed by atoms with Gasteiger partial charge in [0.05, 0.1) is 10.4 Å². The molecule has 0 radical (unpaired) electrons. The first-order chi connectivity index (χ1) is 9.29. The number of hydrogen-bond donors (Lipinski definition) is 0. The molecule has 0 heterocycles. The molecule has 0 nitrogen and oxygen atoms in total. The molecule has 20 heavy (non-hydrogen) atoms. The van der Waals surface area contributed by atoms with Gasteiger partial charge in [-0.2, -0.15) is 13.2 Å². The Balaban J connectivity index is 2.38. The van der Waals surface area contributed by atoms with Gasteiger partial charge in [-0.25, -0.2) is 0 Å². The first kappa shape index (κ1) is 15.1. The smallest absolute Gasteiger partial charge is 0.166 e. The Morgan fingerprint density at radius 2 is 1.55 bits per heavy atom. The summed E-state index contributed by atoms with van der Waals surface area (Å²) in [6, 6.07) is 11.3. The van der Waals surface area contributed by atoms with Gasteiger partial charge in [0.2, 0.25) is 0 Å². The van der Waals surface area contributed by atoms with Crippen LogP contribution in [0.3, 0.4) is 0 Å². The van der Waals surface area contributed by atoms with Gasteiger partial charge in [-0.3, -0.25) is 0 Å². The summed E-state index contributed by atoms with van der Waals surface area (Å²) >= 11 is 3.49. The lowest BCUT2D eigenvalue weighted by Gasteiger charge is -2.15. The summed E-state index contributed by atoms with van der Waals surface area (Å²) < 4.78 is 38.2. The molecule has 0 amide bonds. The number of halogens is 4. The van der Waals surface area contributed by atoms with Gasteiger partial charge in [0.25, 0.3) is 0 Å². The lowest BCUT2D eigenvalue weighted by atomic mass is 9.99. The lowest BCUT2D eigenvalue weighted by molar-refractivity contribution is -0.137. The highest BCUT2D eigenvalue weighted by Gasteiger charge is 2.30. The zero-order valence-corrected chi connectivity index (χ0v) is 12.7. The molecule has 0 aliphatic heterocycles.